The van der Waals surface area contributed by atoms with Crippen LogP contribution in [0.2, 0.25) is 0 Å². The lowest BCUT2D eigenvalue weighted by Crippen LogP contribution is -2.26. The first-order valence-electron chi connectivity index (χ1n) is 5.88. The van der Waals surface area contributed by atoms with Gasteiger partial charge in [0, 0.05) is 18.1 Å². The van der Waals surface area contributed by atoms with E-state index in [1.165, 1.54) is 0 Å². The molecule has 1 atom stereocenters. The topological polar surface area (TPSA) is 26.3 Å². The summed E-state index contributed by atoms with van der Waals surface area (Å²) in [4.78, 5) is 12.4. The monoisotopic (exact) mass is 218 g/mol. The average Bonchev–Trinajstić information content (AvgIpc) is 2.30. The highest BCUT2D eigenvalue weighted by Crippen LogP contribution is 2.23. The van der Waals surface area contributed by atoms with Crippen molar-refractivity contribution in [3.63, 3.8) is 0 Å². The zero-order valence-corrected chi connectivity index (χ0v) is 9.95. The zero-order valence-electron chi connectivity index (χ0n) is 9.95. The van der Waals surface area contributed by atoms with Crippen molar-refractivity contribution in [1.29, 1.82) is 0 Å². The Bertz CT molecular complexity index is 369. The number of hydrogen-bond donors (Lipinski definition) is 0. The third-order valence-corrected chi connectivity index (χ3v) is 3.26. The molecule has 1 saturated heterocycles. The first-order valence-corrected chi connectivity index (χ1v) is 5.88. The quantitative estimate of drug-likeness (QED) is 0.713. The number of hydrogen-bond acceptors (Lipinski definition) is 2. The van der Waals surface area contributed by atoms with Crippen LogP contribution in [0, 0.1) is 19.8 Å². The van der Waals surface area contributed by atoms with Crippen LogP contribution in [0.4, 0.5) is 0 Å². The Morgan fingerprint density at radius 3 is 2.56 bits per heavy atom. The van der Waals surface area contributed by atoms with Gasteiger partial charge in [-0.25, -0.2) is 0 Å². The number of ether oxygens (including phenoxy) is 1. The Morgan fingerprint density at radius 2 is 2.00 bits per heavy atom. The molecule has 1 aliphatic heterocycles. The third-order valence-electron chi connectivity index (χ3n) is 3.26. The Morgan fingerprint density at radius 1 is 1.31 bits per heavy atom. The number of benzene rings is 1. The van der Waals surface area contributed by atoms with Crippen LogP contribution < -0.4 is 0 Å². The minimum Gasteiger partial charge on any atom is -0.381 e. The van der Waals surface area contributed by atoms with E-state index in [9.17, 15) is 4.79 Å². The fourth-order valence-electron chi connectivity index (χ4n) is 2.35. The lowest BCUT2D eigenvalue weighted by atomic mass is 9.88. The summed E-state index contributed by atoms with van der Waals surface area (Å²) in [7, 11) is 0. The van der Waals surface area contributed by atoms with Gasteiger partial charge in [-0.15, -0.1) is 0 Å². The third kappa shape index (κ3) is 2.17. The van der Waals surface area contributed by atoms with Crippen LogP contribution in [-0.2, 0) is 4.74 Å². The van der Waals surface area contributed by atoms with Crippen LogP contribution in [0.3, 0.4) is 0 Å². The Kier molecular flexibility index (Phi) is 3.39. The maximum atomic E-state index is 12.4. The number of aryl methyl sites for hydroxylation is 2. The van der Waals surface area contributed by atoms with Crippen molar-refractivity contribution < 1.29 is 9.53 Å². The van der Waals surface area contributed by atoms with E-state index in [-0.39, 0.29) is 11.7 Å². The molecule has 1 unspecified atom stereocenters. The minimum absolute atomic E-state index is 0.0635. The molecule has 0 aromatic heterocycles. The van der Waals surface area contributed by atoms with Crippen molar-refractivity contribution in [1.82, 2.24) is 0 Å². The van der Waals surface area contributed by atoms with Gasteiger partial charge >= 0.3 is 0 Å². The second-order valence-electron chi connectivity index (χ2n) is 4.55. The van der Waals surface area contributed by atoms with Crippen LogP contribution in [-0.4, -0.2) is 19.0 Å². The van der Waals surface area contributed by atoms with E-state index in [1.807, 2.05) is 32.0 Å². The van der Waals surface area contributed by atoms with E-state index in [1.54, 1.807) is 0 Å². The predicted octanol–water partition coefficient (Wildman–Crippen LogP) is 2.91. The first-order chi connectivity index (χ1) is 7.70. The number of Topliss-reactive ketones (excluding diaryl/α,β-unsaturated/α-hetero) is 1. The average molecular weight is 218 g/mol. The van der Waals surface area contributed by atoms with E-state index in [2.05, 4.69) is 0 Å². The van der Waals surface area contributed by atoms with E-state index >= 15 is 0 Å². The Hall–Kier alpha value is -1.15. The van der Waals surface area contributed by atoms with Gasteiger partial charge in [-0.3, -0.25) is 4.79 Å². The van der Waals surface area contributed by atoms with Crippen LogP contribution in [0.1, 0.15) is 34.3 Å². The summed E-state index contributed by atoms with van der Waals surface area (Å²) < 4.78 is 5.38. The molecule has 0 N–H and O–H groups in total. The zero-order chi connectivity index (χ0) is 11.5. The molecule has 0 bridgehead atoms. The second kappa shape index (κ2) is 4.79. The molecule has 1 aromatic carbocycles. The molecule has 0 radical (unpaired) electrons. The highest BCUT2D eigenvalue weighted by molar-refractivity contribution is 6.00. The smallest absolute Gasteiger partial charge is 0.168 e. The van der Waals surface area contributed by atoms with Gasteiger partial charge in [0.2, 0.25) is 0 Å². The summed E-state index contributed by atoms with van der Waals surface area (Å²) in [6.07, 6.45) is 1.97. The predicted molar refractivity (Wildman–Crippen MR) is 63.8 cm³/mol. The molecular weight excluding hydrogens is 200 g/mol. The molecule has 1 aromatic rings. The maximum Gasteiger partial charge on any atom is 0.168 e. The van der Waals surface area contributed by atoms with E-state index in [4.69, 9.17) is 4.74 Å². The van der Waals surface area contributed by atoms with Crippen molar-refractivity contribution in [2.24, 2.45) is 5.92 Å². The van der Waals surface area contributed by atoms with Gasteiger partial charge in [0.05, 0.1) is 6.61 Å². The molecule has 0 saturated carbocycles. The molecule has 1 heterocycles. The largest absolute Gasteiger partial charge is 0.381 e. The van der Waals surface area contributed by atoms with E-state index in [0.717, 1.165) is 36.1 Å². The Balaban J connectivity index is 2.26. The summed E-state index contributed by atoms with van der Waals surface area (Å²) in [6.45, 7) is 5.40. The fourth-order valence-corrected chi connectivity index (χ4v) is 2.35. The van der Waals surface area contributed by atoms with Crippen molar-refractivity contribution in [3.8, 4) is 0 Å². The minimum atomic E-state index is 0.0635. The summed E-state index contributed by atoms with van der Waals surface area (Å²) in [6, 6.07) is 6.01. The SMILES string of the molecule is Cc1cccc(C)c1C(=O)C1CCCOC1. The summed E-state index contributed by atoms with van der Waals surface area (Å²) in [5, 5.41) is 0. The number of carbonyl (C=O) groups is 1. The molecule has 0 aliphatic carbocycles. The van der Waals surface area contributed by atoms with Crippen LogP contribution in [0.15, 0.2) is 18.2 Å². The Labute approximate surface area is 96.6 Å². The van der Waals surface area contributed by atoms with Gasteiger partial charge < -0.3 is 4.74 Å². The van der Waals surface area contributed by atoms with Crippen LogP contribution in [0.5, 0.6) is 0 Å². The lowest BCUT2D eigenvalue weighted by Gasteiger charge is -2.22. The van der Waals surface area contributed by atoms with Crippen molar-refractivity contribution in [2.75, 3.05) is 13.2 Å². The maximum absolute atomic E-state index is 12.4. The molecule has 2 nitrogen and oxygen atoms in total. The molecule has 2 heteroatoms. The van der Waals surface area contributed by atoms with Gasteiger partial charge in [0.1, 0.15) is 0 Å². The number of ketones is 1. The highest BCUT2D eigenvalue weighted by Gasteiger charge is 2.24. The number of carbonyl (C=O) groups excluding carboxylic acids is 1. The van der Waals surface area contributed by atoms with Crippen molar-refractivity contribution in [2.45, 2.75) is 26.7 Å². The number of rotatable bonds is 2. The molecule has 86 valence electrons. The van der Waals surface area contributed by atoms with Gasteiger partial charge in [0.15, 0.2) is 5.78 Å². The van der Waals surface area contributed by atoms with Crippen LogP contribution >= 0.6 is 0 Å². The molecule has 0 amide bonds. The van der Waals surface area contributed by atoms with Gasteiger partial charge in [-0.1, -0.05) is 18.2 Å². The van der Waals surface area contributed by atoms with Gasteiger partial charge in [-0.2, -0.15) is 0 Å². The molecule has 0 spiro atoms. The normalized spacial score (nSPS) is 20.8. The first kappa shape index (κ1) is 11.3. The molecule has 16 heavy (non-hydrogen) atoms. The summed E-state index contributed by atoms with van der Waals surface area (Å²) in [5.41, 5.74) is 3.06. The standard InChI is InChI=1S/C14H18O2/c1-10-5-3-6-11(2)13(10)14(15)12-7-4-8-16-9-12/h3,5-6,12H,4,7-9H2,1-2H3. The summed E-state index contributed by atoms with van der Waals surface area (Å²) in [5.74, 6) is 0.323. The van der Waals surface area contributed by atoms with Crippen molar-refractivity contribution in [3.05, 3.63) is 34.9 Å². The van der Waals surface area contributed by atoms with Gasteiger partial charge in [0.25, 0.3) is 0 Å². The van der Waals surface area contributed by atoms with Crippen LogP contribution in [0.25, 0.3) is 0 Å². The van der Waals surface area contributed by atoms with Crippen molar-refractivity contribution >= 4 is 5.78 Å². The highest BCUT2D eigenvalue weighted by atomic mass is 16.5. The summed E-state index contributed by atoms with van der Waals surface area (Å²) >= 11 is 0. The molecule has 1 aliphatic rings. The lowest BCUT2D eigenvalue weighted by molar-refractivity contribution is 0.0460. The fraction of sp³-hybridized carbons (Fsp3) is 0.500. The molecule has 1 fully saturated rings. The van der Waals surface area contributed by atoms with Gasteiger partial charge in [-0.05, 0) is 37.8 Å². The second-order valence-corrected chi connectivity index (χ2v) is 4.55. The molecule has 2 rings (SSSR count). The van der Waals surface area contributed by atoms with E-state index < -0.39 is 0 Å². The van der Waals surface area contributed by atoms with E-state index in [0.29, 0.717) is 6.61 Å². The molecular formula is C14H18O2.